The standard InChI is InChI=1S/C69H91Cl2N13O16/c1-30(2)49-66(94)83-23-17-19-43(83)64(92)79(13)28-45(85)81(15)55(32(5)6)68(96)98-36(11)51(62(90)75-49)77-60(88)39-26-42(73-27-38-21-22-40(70)41(71)25-38)34(9)58-53(39)74-54-47(48(72)57(87)35(10)59(54)100-58)61(89)78-52-37(12)99-69(97)56(33(7)8)82(16)46(86)29-80(14)65(93)44-20-18-24-84(44)67(95)50(31(3)4)76-63(52)91/h21-22,25-26,30-33,36-37,43-44,49-52,55-56,73H,17-20,23-24,27-29,72H2,1-16H3,(H,75,90)(H,76,91)(H,77,88)(H,78,89)/t36-,37-,43+,44+,49-,50-,51+,52+,55+,56+/m1/s1. The Bertz CT molecular complexity index is 3970. The summed E-state index contributed by atoms with van der Waals surface area (Å²) in [5.41, 5.74) is 3.99. The monoisotopic (exact) mass is 1430 g/mol. The Hall–Kier alpha value is -9.12. The van der Waals surface area contributed by atoms with Gasteiger partial charge in [0, 0.05) is 64.6 Å². The third-order valence-corrected chi connectivity index (χ3v) is 19.9. The van der Waals surface area contributed by atoms with Gasteiger partial charge in [-0.15, -0.1) is 0 Å². The average molecular weight is 1430 g/mol. The zero-order valence-corrected chi connectivity index (χ0v) is 60.8. The van der Waals surface area contributed by atoms with Crippen molar-refractivity contribution >= 4 is 117 Å². The molecule has 7 N–H and O–H groups in total. The molecule has 0 unspecified atom stereocenters. The van der Waals surface area contributed by atoms with E-state index in [9.17, 15) is 43.2 Å². The molecule has 0 aromatic heterocycles. The normalized spacial score (nSPS) is 24.7. The van der Waals surface area contributed by atoms with E-state index >= 15 is 19.2 Å². The zero-order valence-electron chi connectivity index (χ0n) is 59.3. The van der Waals surface area contributed by atoms with Gasteiger partial charge < -0.3 is 75.6 Å². The number of nitrogens with one attached hydrogen (secondary N) is 5. The molecule has 8 rings (SSSR count). The van der Waals surface area contributed by atoms with E-state index in [-0.39, 0.29) is 81.8 Å². The zero-order chi connectivity index (χ0) is 74.1. The fourth-order valence-electron chi connectivity index (χ4n) is 13.4. The molecule has 1 aliphatic carbocycles. The number of nitrogen functional groups attached to an aromatic ring is 1. The molecule has 0 saturated carbocycles. The molecule has 5 heterocycles. The quantitative estimate of drug-likeness (QED) is 0.0709. The van der Waals surface area contributed by atoms with Crippen LogP contribution in [-0.2, 0) is 64.0 Å². The number of esters is 2. The van der Waals surface area contributed by atoms with E-state index < -0.39 is 191 Å². The number of hydrogen-bond donors (Lipinski definition) is 6. The van der Waals surface area contributed by atoms with Gasteiger partial charge in [0.1, 0.15) is 71.8 Å². The summed E-state index contributed by atoms with van der Waals surface area (Å²) in [6.45, 7) is 18.2. The Morgan fingerprint density at radius 3 is 1.53 bits per heavy atom. The molecule has 2 aromatic rings. The van der Waals surface area contributed by atoms with Crippen LogP contribution in [0.3, 0.4) is 0 Å². The first-order valence-electron chi connectivity index (χ1n) is 33.5. The van der Waals surface area contributed by atoms with E-state index in [0.29, 0.717) is 18.4 Å². The number of likely N-dealkylation sites (N-methyl/N-ethyl adjacent to an activating group) is 4. The van der Waals surface area contributed by atoms with Crippen LogP contribution in [0.2, 0.25) is 10.0 Å². The third-order valence-electron chi connectivity index (χ3n) is 19.2. The number of nitrogens with zero attached hydrogens (tertiary/aromatic N) is 7. The number of ether oxygens (including phenoxy) is 2. The number of halogens is 2. The van der Waals surface area contributed by atoms with Crippen molar-refractivity contribution in [1.29, 1.82) is 0 Å². The van der Waals surface area contributed by atoms with E-state index in [1.807, 2.05) is 0 Å². The lowest BCUT2D eigenvalue weighted by atomic mass is 9.98. The van der Waals surface area contributed by atoms with Crippen LogP contribution in [0.4, 0.5) is 11.4 Å². The minimum Gasteiger partial charge on any atom is -0.458 e. The number of carbonyl (C=O) groups excluding carboxylic acids is 12. The van der Waals surface area contributed by atoms with Crippen molar-refractivity contribution in [1.82, 2.24) is 55.7 Å². The van der Waals surface area contributed by atoms with E-state index in [4.69, 9.17) is 47.8 Å². The van der Waals surface area contributed by atoms with Crippen LogP contribution < -0.4 is 37.7 Å². The number of carbonyl (C=O) groups is 12. The smallest absolute Gasteiger partial charge is 0.329 e. The van der Waals surface area contributed by atoms with Crippen LogP contribution >= 0.6 is 23.2 Å². The predicted octanol–water partition coefficient (Wildman–Crippen LogP) is 3.64. The number of nitrogens with two attached hydrogens (primary N) is 1. The average Bonchev–Trinajstić information content (AvgIpc) is 0.908. The maximum atomic E-state index is 15.7. The van der Waals surface area contributed by atoms with Crippen LogP contribution in [0.25, 0.3) is 22.6 Å². The number of aryl methyl sites for hydroxylation is 1. The minimum atomic E-state index is -1.93. The maximum absolute atomic E-state index is 15.7. The number of aromatic nitrogens is 1. The number of anilines is 2. The molecule has 542 valence electrons. The molecular weight excluding hydrogens is 1340 g/mol. The van der Waals surface area contributed by atoms with Crippen LogP contribution in [0.1, 0.15) is 132 Å². The lowest BCUT2D eigenvalue weighted by Crippen LogP contribution is -2.61. The highest BCUT2D eigenvalue weighted by Gasteiger charge is 2.47. The summed E-state index contributed by atoms with van der Waals surface area (Å²) in [7, 11) is 5.56. The summed E-state index contributed by atoms with van der Waals surface area (Å²) in [5, 5.41) is 14.6. The summed E-state index contributed by atoms with van der Waals surface area (Å²) in [5.74, 6) is -12.9. The first kappa shape index (κ1) is 76.6. The van der Waals surface area contributed by atoms with Crippen molar-refractivity contribution in [3.8, 4) is 11.5 Å². The molecule has 100 heavy (non-hydrogen) atoms. The number of rotatable bonds is 11. The molecule has 0 radical (unpaired) electrons. The Kier molecular flexibility index (Phi) is 23.9. The molecule has 6 aliphatic rings. The van der Waals surface area contributed by atoms with Gasteiger partial charge in [-0.05, 0) is 101 Å². The second kappa shape index (κ2) is 31.2. The van der Waals surface area contributed by atoms with E-state index in [2.05, 4.69) is 26.6 Å². The highest BCUT2D eigenvalue weighted by atomic mass is 35.5. The van der Waals surface area contributed by atoms with Gasteiger partial charge in [0.05, 0.1) is 39.9 Å². The fraction of sp³-hybridized carbons (Fsp3) is 0.565. The lowest BCUT2D eigenvalue weighted by molar-refractivity contribution is -0.163. The van der Waals surface area contributed by atoms with Crippen LogP contribution in [0.5, 0.6) is 0 Å². The van der Waals surface area contributed by atoms with Gasteiger partial charge >= 0.3 is 11.9 Å². The molecule has 31 heteroatoms. The highest BCUT2D eigenvalue weighted by Crippen LogP contribution is 2.38. The van der Waals surface area contributed by atoms with Crippen molar-refractivity contribution < 1.29 is 71.4 Å². The summed E-state index contributed by atoms with van der Waals surface area (Å²) in [4.78, 5) is 202. The third kappa shape index (κ3) is 15.7. The van der Waals surface area contributed by atoms with Crippen molar-refractivity contribution in [3.63, 3.8) is 0 Å². The van der Waals surface area contributed by atoms with Crippen molar-refractivity contribution in [2.24, 2.45) is 23.7 Å². The van der Waals surface area contributed by atoms with Crippen molar-refractivity contribution in [2.75, 3.05) is 65.4 Å². The molecule has 29 nitrogen and oxygen atoms in total. The number of cyclic esters (lactones) is 2. The molecule has 4 saturated heterocycles. The van der Waals surface area contributed by atoms with Crippen LogP contribution in [0, 0.1) is 37.5 Å². The molecule has 4 fully saturated rings. The number of benzene rings is 3. The summed E-state index contributed by atoms with van der Waals surface area (Å²) in [6.07, 6.45) is -1.83. The largest absolute Gasteiger partial charge is 0.458 e. The van der Waals surface area contributed by atoms with Gasteiger partial charge in [-0.2, -0.15) is 0 Å². The number of hydrogen-bond acceptors (Lipinski definition) is 19. The summed E-state index contributed by atoms with van der Waals surface area (Å²) in [6, 6.07) is -4.80. The second-order valence-corrected chi connectivity index (χ2v) is 28.6. The Balaban J connectivity index is 1.28. The van der Waals surface area contributed by atoms with Gasteiger partial charge in [0.2, 0.25) is 52.7 Å². The number of fused-ring (bicyclic) bond motifs is 4. The molecule has 10 amide bonds. The van der Waals surface area contributed by atoms with E-state index in [1.165, 1.54) is 74.6 Å². The van der Waals surface area contributed by atoms with E-state index in [1.54, 1.807) is 80.5 Å². The highest BCUT2D eigenvalue weighted by molar-refractivity contribution is 6.42. The predicted molar refractivity (Wildman–Crippen MR) is 369 cm³/mol. The lowest BCUT2D eigenvalue weighted by Gasteiger charge is -2.36. The molecule has 0 spiro atoms. The van der Waals surface area contributed by atoms with Crippen LogP contribution in [0.15, 0.2) is 33.5 Å². The Morgan fingerprint density at radius 2 is 1.09 bits per heavy atom. The SMILES string of the molecule is Cc1c2oc3c(C)c(NCc4ccc(Cl)c(Cl)c4)cc(C(=O)N[C@@H]4C(=O)N[C@H](C(C)C)C(=O)N5CCC[C@H]5C(=O)N(C)CC(=O)N(C)[C@@H](C(C)C)C(=O)O[C@@H]4C)c3nc-2c(C(=O)N[C@@H]2C(=O)N[C@H](C(C)C)C(=O)N3CCC[C@H]3C(=O)N(C)CC(=O)N(C)[C@@H](C(C)C)C(=O)O[C@@H]2C)c(N)c1=O. The van der Waals surface area contributed by atoms with Gasteiger partial charge in [-0.25, -0.2) is 14.6 Å². The second-order valence-electron chi connectivity index (χ2n) is 27.8. The molecule has 5 aliphatic heterocycles. The summed E-state index contributed by atoms with van der Waals surface area (Å²) < 4.78 is 18.7. The maximum Gasteiger partial charge on any atom is 0.329 e. The first-order valence-corrected chi connectivity index (χ1v) is 34.3. The first-order chi connectivity index (χ1) is 46.9. The fourth-order valence-corrected chi connectivity index (χ4v) is 13.7. The van der Waals surface area contributed by atoms with Gasteiger partial charge in [-0.1, -0.05) is 84.7 Å². The topological polar surface area (TPSA) is 372 Å². The van der Waals surface area contributed by atoms with Crippen molar-refractivity contribution in [2.45, 2.75) is 176 Å². The van der Waals surface area contributed by atoms with Gasteiger partial charge in [-0.3, -0.25) is 52.7 Å². The Labute approximate surface area is 589 Å². The molecular formula is C69H91Cl2N13O16. The van der Waals surface area contributed by atoms with Crippen LogP contribution in [-0.4, -0.2) is 220 Å². The van der Waals surface area contributed by atoms with E-state index in [0.717, 1.165) is 9.80 Å². The van der Waals surface area contributed by atoms with Gasteiger partial charge in [0.15, 0.2) is 11.3 Å². The molecule has 2 aromatic carbocycles. The van der Waals surface area contributed by atoms with Gasteiger partial charge in [0.25, 0.3) is 11.8 Å². The molecule has 0 bridgehead atoms. The Morgan fingerprint density at radius 1 is 0.630 bits per heavy atom. The van der Waals surface area contributed by atoms with Crippen molar-refractivity contribution in [3.05, 3.63) is 72.4 Å². The summed E-state index contributed by atoms with van der Waals surface area (Å²) >= 11 is 12.7. The number of amides is 10. The molecule has 10 atom stereocenters. The minimum absolute atomic E-state index is 0.0454.